The molecule has 3 aromatic rings. The summed E-state index contributed by atoms with van der Waals surface area (Å²) in [5.74, 6) is 2.03. The van der Waals surface area contributed by atoms with Crippen LogP contribution in [0.25, 0.3) is 16.8 Å². The number of nitrogens with one attached hydrogen (secondary N) is 1. The number of halogens is 1. The molecule has 28 heavy (non-hydrogen) atoms. The molecule has 0 spiro atoms. The van der Waals surface area contributed by atoms with E-state index in [0.29, 0.717) is 32.8 Å². The number of allylic oxidation sites excluding steroid dienone is 1. The Labute approximate surface area is 170 Å². The molecule has 0 aliphatic carbocycles. The molecule has 6 nitrogen and oxygen atoms in total. The molecule has 140 valence electrons. The van der Waals surface area contributed by atoms with E-state index in [1.807, 2.05) is 23.6 Å². The smallest absolute Gasteiger partial charge is 0.231 e. The first-order valence-corrected chi connectivity index (χ1v) is 9.50. The summed E-state index contributed by atoms with van der Waals surface area (Å²) in [5.41, 5.74) is 2.72. The number of anilines is 1. The molecule has 0 radical (unpaired) electrons. The zero-order valence-corrected chi connectivity index (χ0v) is 16.3. The fourth-order valence-electron chi connectivity index (χ4n) is 2.67. The first-order chi connectivity index (χ1) is 13.7. The second-order valence-corrected chi connectivity index (χ2v) is 7.06. The maximum atomic E-state index is 9.56. The highest BCUT2D eigenvalue weighted by atomic mass is 35.5. The Morgan fingerprint density at radius 3 is 2.96 bits per heavy atom. The Kier molecular flexibility index (Phi) is 5.06. The fourth-order valence-corrected chi connectivity index (χ4v) is 3.64. The van der Waals surface area contributed by atoms with Crippen molar-refractivity contribution in [2.75, 3.05) is 19.2 Å². The third-order valence-electron chi connectivity index (χ3n) is 4.06. The number of aromatic nitrogens is 1. The lowest BCUT2D eigenvalue weighted by Crippen LogP contribution is -1.95. The van der Waals surface area contributed by atoms with Crippen molar-refractivity contribution in [1.29, 1.82) is 5.26 Å². The van der Waals surface area contributed by atoms with Crippen LogP contribution in [0.4, 0.5) is 5.69 Å². The van der Waals surface area contributed by atoms with Gasteiger partial charge >= 0.3 is 0 Å². The first kappa shape index (κ1) is 18.2. The van der Waals surface area contributed by atoms with E-state index in [2.05, 4.69) is 16.4 Å². The Morgan fingerprint density at radius 1 is 1.29 bits per heavy atom. The summed E-state index contributed by atoms with van der Waals surface area (Å²) >= 11 is 7.43. The minimum absolute atomic E-state index is 0.223. The zero-order valence-electron chi connectivity index (χ0n) is 14.7. The molecule has 4 rings (SSSR count). The molecule has 1 aliphatic heterocycles. The van der Waals surface area contributed by atoms with Gasteiger partial charge in [-0.2, -0.15) is 5.26 Å². The van der Waals surface area contributed by atoms with Crippen molar-refractivity contribution in [3.63, 3.8) is 0 Å². The van der Waals surface area contributed by atoms with E-state index in [4.69, 9.17) is 25.8 Å². The summed E-state index contributed by atoms with van der Waals surface area (Å²) in [6, 6.07) is 13.0. The van der Waals surface area contributed by atoms with E-state index in [0.717, 1.165) is 17.0 Å². The predicted octanol–water partition coefficient (Wildman–Crippen LogP) is 5.18. The van der Waals surface area contributed by atoms with E-state index >= 15 is 0 Å². The lowest BCUT2D eigenvalue weighted by Gasteiger charge is -2.08. The highest BCUT2D eigenvalue weighted by molar-refractivity contribution is 7.11. The molecule has 0 bridgehead atoms. The SMILES string of the molecule is COc1ccc(Cl)cc1N/C=C(/C#N)c1nc(-c2ccc3c(c2)OCO3)cs1. The second-order valence-electron chi connectivity index (χ2n) is 5.76. The number of hydrogen-bond donors (Lipinski definition) is 1. The molecule has 0 unspecified atom stereocenters. The van der Waals surface area contributed by atoms with E-state index < -0.39 is 0 Å². The number of rotatable bonds is 5. The summed E-state index contributed by atoms with van der Waals surface area (Å²) in [7, 11) is 1.57. The maximum absolute atomic E-state index is 9.56. The first-order valence-electron chi connectivity index (χ1n) is 8.24. The highest BCUT2D eigenvalue weighted by Crippen LogP contribution is 2.36. The van der Waals surface area contributed by atoms with Gasteiger partial charge in [0.15, 0.2) is 11.5 Å². The van der Waals surface area contributed by atoms with Crippen LogP contribution in [0.5, 0.6) is 17.2 Å². The third-order valence-corrected chi connectivity index (χ3v) is 5.17. The predicted molar refractivity (Wildman–Crippen MR) is 109 cm³/mol. The van der Waals surface area contributed by atoms with E-state index in [1.165, 1.54) is 11.3 Å². The number of benzene rings is 2. The van der Waals surface area contributed by atoms with Crippen LogP contribution in [-0.2, 0) is 0 Å². The van der Waals surface area contributed by atoms with Gasteiger partial charge in [0.05, 0.1) is 18.5 Å². The molecule has 0 fully saturated rings. The molecule has 0 amide bonds. The molecular formula is C20H14ClN3O3S. The Morgan fingerprint density at radius 2 is 2.14 bits per heavy atom. The molecule has 1 aromatic heterocycles. The van der Waals surface area contributed by atoms with Crippen molar-refractivity contribution >= 4 is 34.2 Å². The van der Waals surface area contributed by atoms with Crippen molar-refractivity contribution < 1.29 is 14.2 Å². The molecule has 0 saturated heterocycles. The van der Waals surface area contributed by atoms with Crippen LogP contribution in [0.1, 0.15) is 5.01 Å². The van der Waals surface area contributed by atoms with Crippen molar-refractivity contribution in [2.24, 2.45) is 0 Å². The minimum atomic E-state index is 0.223. The topological polar surface area (TPSA) is 76.4 Å². The van der Waals surface area contributed by atoms with Crippen LogP contribution in [0.15, 0.2) is 48.0 Å². The summed E-state index contributed by atoms with van der Waals surface area (Å²) in [6.45, 7) is 0.223. The molecule has 8 heteroatoms. The van der Waals surface area contributed by atoms with Gasteiger partial charge in [-0.15, -0.1) is 11.3 Å². The fraction of sp³-hybridized carbons (Fsp3) is 0.100. The summed E-state index contributed by atoms with van der Waals surface area (Å²) in [6.07, 6.45) is 1.59. The number of thiazole rings is 1. The second kappa shape index (κ2) is 7.80. The quantitative estimate of drug-likeness (QED) is 0.583. The van der Waals surface area contributed by atoms with Gasteiger partial charge < -0.3 is 19.5 Å². The average molecular weight is 412 g/mol. The Hall–Kier alpha value is -3.21. The minimum Gasteiger partial charge on any atom is -0.495 e. The maximum Gasteiger partial charge on any atom is 0.231 e. The number of hydrogen-bond acceptors (Lipinski definition) is 7. The zero-order chi connectivity index (χ0) is 19.5. The van der Waals surface area contributed by atoms with Gasteiger partial charge in [0.25, 0.3) is 0 Å². The standard InChI is InChI=1S/C20H14ClN3O3S/c1-25-17-5-3-14(21)7-15(17)23-9-13(8-22)20-24-16(10-28-20)12-2-4-18-19(6-12)27-11-26-18/h2-7,9-10,23H,11H2,1H3/b13-9-. The van der Waals surface area contributed by atoms with Crippen LogP contribution < -0.4 is 19.5 Å². The lowest BCUT2D eigenvalue weighted by atomic mass is 10.1. The number of methoxy groups -OCH3 is 1. The van der Waals surface area contributed by atoms with Crippen LogP contribution in [0.2, 0.25) is 5.02 Å². The van der Waals surface area contributed by atoms with Gasteiger partial charge in [-0.05, 0) is 36.4 Å². The van der Waals surface area contributed by atoms with Gasteiger partial charge in [0.1, 0.15) is 22.4 Å². The molecular weight excluding hydrogens is 398 g/mol. The van der Waals surface area contributed by atoms with E-state index in [9.17, 15) is 5.26 Å². The normalized spacial score (nSPS) is 12.5. The van der Waals surface area contributed by atoms with Gasteiger partial charge in [-0.25, -0.2) is 4.98 Å². The summed E-state index contributed by atoms with van der Waals surface area (Å²) in [5, 5.41) is 15.7. The van der Waals surface area contributed by atoms with Crippen molar-refractivity contribution in [2.45, 2.75) is 0 Å². The number of fused-ring (bicyclic) bond motifs is 1. The summed E-state index contributed by atoms with van der Waals surface area (Å²) in [4.78, 5) is 4.58. The number of nitriles is 1. The van der Waals surface area contributed by atoms with Crippen molar-refractivity contribution in [1.82, 2.24) is 4.98 Å². The molecule has 1 aliphatic rings. The lowest BCUT2D eigenvalue weighted by molar-refractivity contribution is 0.174. The van der Waals surface area contributed by atoms with Crippen LogP contribution in [-0.4, -0.2) is 18.9 Å². The van der Waals surface area contributed by atoms with Crippen LogP contribution in [0, 0.1) is 11.3 Å². The van der Waals surface area contributed by atoms with Crippen LogP contribution >= 0.6 is 22.9 Å². The van der Waals surface area contributed by atoms with Gasteiger partial charge in [0.2, 0.25) is 6.79 Å². The van der Waals surface area contributed by atoms with Crippen molar-refractivity contribution in [3.05, 3.63) is 58.0 Å². The van der Waals surface area contributed by atoms with Gasteiger partial charge in [-0.1, -0.05) is 11.6 Å². The van der Waals surface area contributed by atoms with Gasteiger partial charge in [-0.3, -0.25) is 0 Å². The van der Waals surface area contributed by atoms with Crippen molar-refractivity contribution in [3.8, 4) is 34.6 Å². The molecule has 0 atom stereocenters. The molecule has 0 saturated carbocycles. The summed E-state index contributed by atoms with van der Waals surface area (Å²) < 4.78 is 16.0. The monoisotopic (exact) mass is 411 g/mol. The average Bonchev–Trinajstić information content (AvgIpc) is 3.37. The third kappa shape index (κ3) is 3.60. The molecule has 2 aromatic carbocycles. The Balaban J connectivity index is 1.59. The van der Waals surface area contributed by atoms with E-state index in [1.54, 1.807) is 31.5 Å². The molecule has 2 heterocycles. The highest BCUT2D eigenvalue weighted by Gasteiger charge is 2.16. The Bertz CT molecular complexity index is 1100. The number of nitrogens with zero attached hydrogens (tertiary/aromatic N) is 2. The van der Waals surface area contributed by atoms with Crippen LogP contribution in [0.3, 0.4) is 0 Å². The number of ether oxygens (including phenoxy) is 3. The largest absolute Gasteiger partial charge is 0.495 e. The van der Waals surface area contributed by atoms with Gasteiger partial charge in [0, 0.05) is 22.2 Å². The van der Waals surface area contributed by atoms with E-state index in [-0.39, 0.29) is 6.79 Å². The molecule has 1 N–H and O–H groups in total.